The van der Waals surface area contributed by atoms with E-state index in [0.717, 1.165) is 19.3 Å². The fraction of sp³-hybridized carbons (Fsp3) is 0.387. The van der Waals surface area contributed by atoms with Crippen LogP contribution in [-0.4, -0.2) is 35.2 Å². The second kappa shape index (κ2) is 8.86. The molecule has 1 aromatic heterocycles. The molecule has 2 aliphatic carbocycles. The van der Waals surface area contributed by atoms with Gasteiger partial charge in [0, 0.05) is 16.4 Å². The molecule has 0 spiro atoms. The van der Waals surface area contributed by atoms with Crippen LogP contribution in [0.15, 0.2) is 54.6 Å². The van der Waals surface area contributed by atoms with Crippen molar-refractivity contribution in [2.24, 2.45) is 29.1 Å². The number of ether oxygens (including phenoxy) is 1. The molecule has 0 N–H and O–H groups in total. The van der Waals surface area contributed by atoms with Gasteiger partial charge in [0.1, 0.15) is 0 Å². The lowest BCUT2D eigenvalue weighted by Gasteiger charge is -2.19. The van der Waals surface area contributed by atoms with Gasteiger partial charge in [-0.05, 0) is 55.4 Å². The van der Waals surface area contributed by atoms with Gasteiger partial charge in [-0.15, -0.1) is 0 Å². The van der Waals surface area contributed by atoms with Gasteiger partial charge in [0.2, 0.25) is 11.8 Å². The molecule has 194 valence electrons. The van der Waals surface area contributed by atoms with Crippen LogP contribution in [0, 0.1) is 29.1 Å². The van der Waals surface area contributed by atoms with Gasteiger partial charge >= 0.3 is 5.97 Å². The van der Waals surface area contributed by atoms with Gasteiger partial charge in [-0.3, -0.25) is 19.3 Å². The molecule has 2 amide bonds. The van der Waals surface area contributed by atoms with E-state index < -0.39 is 11.4 Å². The molecule has 3 aromatic rings. The Morgan fingerprint density at radius 3 is 2.32 bits per heavy atom. The molecule has 2 aromatic carbocycles. The number of fused-ring (bicyclic) bond motifs is 6. The van der Waals surface area contributed by atoms with Crippen LogP contribution in [0.2, 0.25) is 0 Å². The normalized spacial score (nSPS) is 24.2. The molecule has 38 heavy (non-hydrogen) atoms. The summed E-state index contributed by atoms with van der Waals surface area (Å²) in [7, 11) is 0. The number of Topliss-reactive ketones (excluding diaryl/α,β-unsaturated/α-hetero) is 1. The summed E-state index contributed by atoms with van der Waals surface area (Å²) >= 11 is 0. The summed E-state index contributed by atoms with van der Waals surface area (Å²) in [6.45, 7) is 5.03. The van der Waals surface area contributed by atoms with Gasteiger partial charge in [-0.2, -0.15) is 0 Å². The SMILES string of the molecule is CC(C)(C)C(=O)COC(=O)c1cc(-c2cccc(N3C(=O)[C@H]4[C@@H]5CC[C@@H](C5)[C@@H]4C3=O)c2)nc2ccccc12. The first-order valence-electron chi connectivity index (χ1n) is 13.2. The van der Waals surface area contributed by atoms with Gasteiger partial charge in [0.15, 0.2) is 12.4 Å². The molecule has 7 nitrogen and oxygen atoms in total. The third kappa shape index (κ3) is 3.92. The maximum absolute atomic E-state index is 13.4. The van der Waals surface area contributed by atoms with Crippen LogP contribution < -0.4 is 4.90 Å². The van der Waals surface area contributed by atoms with Crippen LogP contribution in [-0.2, 0) is 19.1 Å². The van der Waals surface area contributed by atoms with Crippen LogP contribution >= 0.6 is 0 Å². The Hall–Kier alpha value is -3.87. The molecule has 3 aliphatic rings. The highest BCUT2D eigenvalue weighted by Crippen LogP contribution is 2.56. The van der Waals surface area contributed by atoms with Crippen LogP contribution in [0.3, 0.4) is 0 Å². The number of carbonyl (C=O) groups is 4. The first-order valence-corrected chi connectivity index (χ1v) is 13.2. The lowest BCUT2D eigenvalue weighted by atomic mass is 9.81. The second-order valence-electron chi connectivity index (χ2n) is 11.8. The lowest BCUT2D eigenvalue weighted by molar-refractivity contribution is -0.129. The van der Waals surface area contributed by atoms with E-state index in [1.54, 1.807) is 51.1 Å². The molecule has 3 fully saturated rings. The summed E-state index contributed by atoms with van der Waals surface area (Å²) in [5, 5.41) is 0.619. The minimum atomic E-state index is -0.616. The zero-order valence-electron chi connectivity index (χ0n) is 21.8. The van der Waals surface area contributed by atoms with Crippen molar-refractivity contribution < 1.29 is 23.9 Å². The third-order valence-corrected chi connectivity index (χ3v) is 8.43. The van der Waals surface area contributed by atoms with E-state index in [1.807, 2.05) is 24.3 Å². The molecular weight excluding hydrogens is 480 g/mol. The Morgan fingerprint density at radius 1 is 0.947 bits per heavy atom. The number of anilines is 1. The maximum Gasteiger partial charge on any atom is 0.339 e. The van der Waals surface area contributed by atoms with Crippen molar-refractivity contribution in [2.75, 3.05) is 11.5 Å². The minimum absolute atomic E-state index is 0.0939. The fourth-order valence-electron chi connectivity index (χ4n) is 6.39. The number of rotatable bonds is 5. The molecule has 0 radical (unpaired) electrons. The Labute approximate surface area is 221 Å². The van der Waals surface area contributed by atoms with Crippen LogP contribution in [0.4, 0.5) is 5.69 Å². The van der Waals surface area contributed by atoms with E-state index in [4.69, 9.17) is 9.72 Å². The molecule has 0 unspecified atom stereocenters. The van der Waals surface area contributed by atoms with E-state index in [0.29, 0.717) is 45.2 Å². The number of ketones is 1. The smallest absolute Gasteiger partial charge is 0.339 e. The van der Waals surface area contributed by atoms with Crippen LogP contribution in [0.5, 0.6) is 0 Å². The Kier molecular flexibility index (Phi) is 5.70. The number of nitrogens with zero attached hydrogens (tertiary/aromatic N) is 2. The van der Waals surface area contributed by atoms with Gasteiger partial charge < -0.3 is 4.74 Å². The van der Waals surface area contributed by atoms with Crippen molar-refractivity contribution in [3.8, 4) is 11.3 Å². The van der Waals surface area contributed by atoms with E-state index >= 15 is 0 Å². The summed E-state index contributed by atoms with van der Waals surface area (Å²) in [5.74, 6) is -0.720. The van der Waals surface area contributed by atoms with E-state index in [9.17, 15) is 19.2 Å². The number of pyridine rings is 1. The summed E-state index contributed by atoms with van der Waals surface area (Å²) in [4.78, 5) is 58.3. The van der Waals surface area contributed by atoms with Gasteiger partial charge in [0.05, 0.1) is 34.3 Å². The average molecular weight is 511 g/mol. The molecule has 7 heteroatoms. The Bertz CT molecular complexity index is 1480. The summed E-state index contributed by atoms with van der Waals surface area (Å²) < 4.78 is 5.40. The molecule has 1 saturated heterocycles. The summed E-state index contributed by atoms with van der Waals surface area (Å²) in [6, 6.07) is 16.1. The Morgan fingerprint density at radius 2 is 1.63 bits per heavy atom. The second-order valence-corrected chi connectivity index (χ2v) is 11.8. The third-order valence-electron chi connectivity index (χ3n) is 8.43. The number of esters is 1. The van der Waals surface area contributed by atoms with Gasteiger partial charge in [-0.25, -0.2) is 9.78 Å². The zero-order chi connectivity index (χ0) is 26.8. The largest absolute Gasteiger partial charge is 0.454 e. The monoisotopic (exact) mass is 510 g/mol. The number of carbonyl (C=O) groups excluding carboxylic acids is 4. The molecule has 2 bridgehead atoms. The van der Waals surface area contributed by atoms with E-state index in [2.05, 4.69) is 0 Å². The number of benzene rings is 2. The topological polar surface area (TPSA) is 93.6 Å². The highest BCUT2D eigenvalue weighted by Gasteiger charge is 2.61. The highest BCUT2D eigenvalue weighted by molar-refractivity contribution is 6.22. The molecular formula is C31H30N2O5. The first kappa shape index (κ1) is 24.5. The van der Waals surface area contributed by atoms with Crippen LogP contribution in [0.1, 0.15) is 50.4 Å². The predicted molar refractivity (Wildman–Crippen MR) is 142 cm³/mol. The number of hydrogen-bond donors (Lipinski definition) is 0. The number of aromatic nitrogens is 1. The number of amides is 2. The van der Waals surface area contributed by atoms with Crippen molar-refractivity contribution in [2.45, 2.75) is 40.0 Å². The minimum Gasteiger partial charge on any atom is -0.454 e. The molecule has 2 heterocycles. The van der Waals surface area contributed by atoms with Gasteiger partial charge in [0.25, 0.3) is 0 Å². The zero-order valence-corrected chi connectivity index (χ0v) is 21.8. The van der Waals surface area contributed by atoms with Crippen molar-refractivity contribution >= 4 is 40.2 Å². The van der Waals surface area contributed by atoms with Crippen molar-refractivity contribution in [1.29, 1.82) is 0 Å². The number of hydrogen-bond acceptors (Lipinski definition) is 6. The van der Waals surface area contributed by atoms with Crippen molar-refractivity contribution in [3.05, 3.63) is 60.2 Å². The van der Waals surface area contributed by atoms with Gasteiger partial charge in [-0.1, -0.05) is 51.1 Å². The highest BCUT2D eigenvalue weighted by atomic mass is 16.5. The quantitative estimate of drug-likeness (QED) is 0.346. The summed E-state index contributed by atoms with van der Waals surface area (Å²) in [6.07, 6.45) is 3.04. The van der Waals surface area contributed by atoms with Crippen molar-refractivity contribution in [1.82, 2.24) is 4.98 Å². The standard InChI is InChI=1S/C31H30N2O5/c1-31(2,3)25(34)16-38-30(37)22-15-24(32-23-10-5-4-9-21(22)23)17-7-6-8-20(14-17)33-28(35)26-18-11-12-19(13-18)27(26)29(33)36/h4-10,14-15,18-19,26-27H,11-13,16H2,1-3H3/t18-,19+,26-,27-/m0/s1. The Balaban J connectivity index is 1.34. The number of para-hydroxylation sites is 1. The molecule has 2 saturated carbocycles. The molecule has 1 aliphatic heterocycles. The van der Waals surface area contributed by atoms with Crippen molar-refractivity contribution in [3.63, 3.8) is 0 Å². The van der Waals surface area contributed by atoms with E-state index in [1.165, 1.54) is 4.90 Å². The van der Waals surface area contributed by atoms with E-state index in [-0.39, 0.29) is 36.0 Å². The first-order chi connectivity index (χ1) is 18.1. The van der Waals surface area contributed by atoms with Crippen LogP contribution in [0.25, 0.3) is 22.2 Å². The average Bonchev–Trinajstić information content (AvgIpc) is 3.59. The maximum atomic E-state index is 13.4. The summed E-state index contributed by atoms with van der Waals surface area (Å²) in [5.41, 5.74) is 2.00. The predicted octanol–water partition coefficient (Wildman–Crippen LogP) is 5.21. The molecule has 6 rings (SSSR count). The molecule has 4 atom stereocenters. The lowest BCUT2D eigenvalue weighted by Crippen LogP contribution is -2.32. The number of imide groups is 1. The fourth-order valence-corrected chi connectivity index (χ4v) is 6.39.